The van der Waals surface area contributed by atoms with E-state index in [0.29, 0.717) is 24.3 Å². The van der Waals surface area contributed by atoms with Gasteiger partial charge in [0.2, 0.25) is 0 Å². The molecule has 6 heteroatoms. The van der Waals surface area contributed by atoms with Crippen LogP contribution in [0.1, 0.15) is 24.1 Å². The van der Waals surface area contributed by atoms with E-state index in [1.165, 1.54) is 10.5 Å². The number of nitrogens with zero attached hydrogens (tertiary/aromatic N) is 3. The van der Waals surface area contributed by atoms with E-state index >= 15 is 0 Å². The van der Waals surface area contributed by atoms with Gasteiger partial charge in [-0.2, -0.15) is 0 Å². The van der Waals surface area contributed by atoms with Crippen LogP contribution >= 0.6 is 0 Å². The molecular formula is C15H17N3O3. The molecule has 6 nitrogen and oxygen atoms in total. The van der Waals surface area contributed by atoms with E-state index in [-0.39, 0.29) is 5.56 Å². The first kappa shape index (κ1) is 13.8. The van der Waals surface area contributed by atoms with Gasteiger partial charge in [0.1, 0.15) is 11.7 Å². The fraction of sp³-hybridized carbons (Fsp3) is 0.400. The van der Waals surface area contributed by atoms with E-state index < -0.39 is 12.0 Å². The van der Waals surface area contributed by atoms with Crippen LogP contribution in [0, 0.1) is 6.92 Å². The minimum Gasteiger partial charge on any atom is -0.480 e. The SMILES string of the molecule is Cc1ccn2c(=O)cc(CN3CCCC3C(=O)O)nc2c1. The third kappa shape index (κ3) is 2.67. The minimum atomic E-state index is -0.805. The first-order valence-electron chi connectivity index (χ1n) is 7.00. The number of aryl methyl sites for hydroxylation is 1. The highest BCUT2D eigenvalue weighted by Crippen LogP contribution is 2.19. The molecule has 0 bridgehead atoms. The summed E-state index contributed by atoms with van der Waals surface area (Å²) in [7, 11) is 0. The summed E-state index contributed by atoms with van der Waals surface area (Å²) in [5.74, 6) is -0.805. The molecule has 3 heterocycles. The van der Waals surface area contributed by atoms with E-state index in [4.69, 9.17) is 0 Å². The molecule has 3 rings (SSSR count). The summed E-state index contributed by atoms with van der Waals surface area (Å²) in [6.45, 7) is 3.07. The molecule has 0 spiro atoms. The monoisotopic (exact) mass is 287 g/mol. The number of carbonyl (C=O) groups is 1. The Morgan fingerprint density at radius 3 is 3.05 bits per heavy atom. The van der Waals surface area contributed by atoms with Gasteiger partial charge >= 0.3 is 5.97 Å². The van der Waals surface area contributed by atoms with Crippen molar-refractivity contribution in [3.63, 3.8) is 0 Å². The summed E-state index contributed by atoms with van der Waals surface area (Å²) >= 11 is 0. The van der Waals surface area contributed by atoms with Gasteiger partial charge in [-0.3, -0.25) is 18.9 Å². The molecule has 2 aromatic heterocycles. The molecule has 1 atom stereocenters. The maximum absolute atomic E-state index is 12.1. The van der Waals surface area contributed by atoms with Crippen molar-refractivity contribution in [3.8, 4) is 0 Å². The van der Waals surface area contributed by atoms with Crippen LogP contribution in [0.2, 0.25) is 0 Å². The Bertz CT molecular complexity index is 753. The highest BCUT2D eigenvalue weighted by Gasteiger charge is 2.30. The number of carboxylic acid groups (broad SMARTS) is 1. The summed E-state index contributed by atoms with van der Waals surface area (Å²) in [5.41, 5.74) is 2.12. The highest BCUT2D eigenvalue weighted by molar-refractivity contribution is 5.73. The Morgan fingerprint density at radius 2 is 2.29 bits per heavy atom. The van der Waals surface area contributed by atoms with Gasteiger partial charge in [0.25, 0.3) is 5.56 Å². The van der Waals surface area contributed by atoms with Gasteiger partial charge in [0.15, 0.2) is 0 Å². The third-order valence-electron chi connectivity index (χ3n) is 3.89. The maximum Gasteiger partial charge on any atom is 0.320 e. The lowest BCUT2D eigenvalue weighted by Crippen LogP contribution is -2.36. The summed E-state index contributed by atoms with van der Waals surface area (Å²) in [5, 5.41) is 9.20. The van der Waals surface area contributed by atoms with E-state index in [2.05, 4.69) is 4.98 Å². The number of likely N-dealkylation sites (tertiary alicyclic amines) is 1. The van der Waals surface area contributed by atoms with Crippen molar-refractivity contribution in [1.82, 2.24) is 14.3 Å². The van der Waals surface area contributed by atoms with Crippen LogP contribution in [-0.2, 0) is 11.3 Å². The van der Waals surface area contributed by atoms with Crippen LogP contribution in [0.5, 0.6) is 0 Å². The van der Waals surface area contributed by atoms with Crippen LogP contribution in [0.25, 0.3) is 5.65 Å². The number of hydrogen-bond acceptors (Lipinski definition) is 4. The maximum atomic E-state index is 12.1. The Balaban J connectivity index is 1.94. The molecule has 0 amide bonds. The van der Waals surface area contributed by atoms with Gasteiger partial charge in [-0.15, -0.1) is 0 Å². The lowest BCUT2D eigenvalue weighted by atomic mass is 10.2. The first-order chi connectivity index (χ1) is 10.0. The number of pyridine rings is 1. The second kappa shape index (κ2) is 5.29. The van der Waals surface area contributed by atoms with Gasteiger partial charge in [0, 0.05) is 18.8 Å². The normalized spacial score (nSPS) is 19.2. The van der Waals surface area contributed by atoms with Crippen molar-refractivity contribution in [3.05, 3.63) is 46.0 Å². The second-order valence-electron chi connectivity index (χ2n) is 5.48. The number of rotatable bonds is 3. The largest absolute Gasteiger partial charge is 0.480 e. The molecule has 1 aliphatic heterocycles. The lowest BCUT2D eigenvalue weighted by Gasteiger charge is -2.20. The van der Waals surface area contributed by atoms with E-state index in [0.717, 1.165) is 18.5 Å². The number of carboxylic acids is 1. The number of aromatic nitrogens is 2. The fourth-order valence-corrected chi connectivity index (χ4v) is 2.84. The van der Waals surface area contributed by atoms with Gasteiger partial charge in [-0.05, 0) is 44.0 Å². The molecule has 2 aromatic rings. The number of fused-ring (bicyclic) bond motifs is 1. The van der Waals surface area contributed by atoms with Crippen molar-refractivity contribution < 1.29 is 9.90 Å². The molecule has 1 fully saturated rings. The topological polar surface area (TPSA) is 74.9 Å². The molecule has 1 unspecified atom stereocenters. The van der Waals surface area contributed by atoms with Crippen LogP contribution in [-0.4, -0.2) is 37.9 Å². The molecule has 1 aliphatic rings. The Hall–Kier alpha value is -2.21. The zero-order valence-corrected chi connectivity index (χ0v) is 11.8. The van der Waals surface area contributed by atoms with E-state index in [1.807, 2.05) is 24.0 Å². The van der Waals surface area contributed by atoms with Gasteiger partial charge < -0.3 is 5.11 Å². The molecule has 0 aromatic carbocycles. The zero-order chi connectivity index (χ0) is 15.0. The van der Waals surface area contributed by atoms with Crippen molar-refractivity contribution in [1.29, 1.82) is 0 Å². The van der Waals surface area contributed by atoms with Crippen LogP contribution in [0.4, 0.5) is 0 Å². The average molecular weight is 287 g/mol. The molecule has 21 heavy (non-hydrogen) atoms. The fourth-order valence-electron chi connectivity index (χ4n) is 2.84. The number of aliphatic carboxylic acids is 1. The van der Waals surface area contributed by atoms with Crippen molar-refractivity contribution in [2.75, 3.05) is 6.54 Å². The molecule has 0 radical (unpaired) electrons. The van der Waals surface area contributed by atoms with Gasteiger partial charge in [-0.25, -0.2) is 4.98 Å². The molecular weight excluding hydrogens is 270 g/mol. The van der Waals surface area contributed by atoms with Crippen LogP contribution in [0.3, 0.4) is 0 Å². The summed E-state index contributed by atoms with van der Waals surface area (Å²) < 4.78 is 1.50. The third-order valence-corrected chi connectivity index (χ3v) is 3.89. The Labute approximate surface area is 121 Å². The van der Waals surface area contributed by atoms with E-state index in [1.54, 1.807) is 6.20 Å². The molecule has 0 aliphatic carbocycles. The predicted molar refractivity (Wildman–Crippen MR) is 77.3 cm³/mol. The predicted octanol–water partition coefficient (Wildman–Crippen LogP) is 1.05. The second-order valence-corrected chi connectivity index (χ2v) is 5.48. The first-order valence-corrected chi connectivity index (χ1v) is 7.00. The summed E-state index contributed by atoms with van der Waals surface area (Å²) in [6, 6.07) is 4.72. The Morgan fingerprint density at radius 1 is 1.48 bits per heavy atom. The molecule has 1 N–H and O–H groups in total. The van der Waals surface area contributed by atoms with Crippen molar-refractivity contribution >= 4 is 11.6 Å². The highest BCUT2D eigenvalue weighted by atomic mass is 16.4. The molecule has 110 valence electrons. The van der Waals surface area contributed by atoms with E-state index in [9.17, 15) is 14.7 Å². The molecule has 1 saturated heterocycles. The average Bonchev–Trinajstić information content (AvgIpc) is 2.86. The minimum absolute atomic E-state index is 0.138. The molecule has 0 saturated carbocycles. The van der Waals surface area contributed by atoms with Crippen molar-refractivity contribution in [2.24, 2.45) is 0 Å². The van der Waals surface area contributed by atoms with Crippen molar-refractivity contribution in [2.45, 2.75) is 32.4 Å². The standard InChI is InChI=1S/C15H17N3O3/c1-10-4-6-18-13(7-10)16-11(8-14(18)19)9-17-5-2-3-12(17)15(20)21/h4,6-8,12H,2-3,5,9H2,1H3,(H,20,21). The smallest absolute Gasteiger partial charge is 0.320 e. The quantitative estimate of drug-likeness (QED) is 0.913. The van der Waals surface area contributed by atoms with Crippen LogP contribution < -0.4 is 5.56 Å². The summed E-state index contributed by atoms with van der Waals surface area (Å²) in [4.78, 5) is 29.6. The number of hydrogen-bond donors (Lipinski definition) is 1. The zero-order valence-electron chi connectivity index (χ0n) is 11.8. The summed E-state index contributed by atoms with van der Waals surface area (Å²) in [6.07, 6.45) is 3.23. The van der Waals surface area contributed by atoms with Gasteiger partial charge in [0.05, 0.1) is 5.69 Å². The lowest BCUT2D eigenvalue weighted by molar-refractivity contribution is -0.142. The van der Waals surface area contributed by atoms with Crippen LogP contribution in [0.15, 0.2) is 29.2 Å². The Kier molecular flexibility index (Phi) is 3.47. The van der Waals surface area contributed by atoms with Gasteiger partial charge in [-0.1, -0.05) is 0 Å².